The Balaban J connectivity index is 1.82. The van der Waals surface area contributed by atoms with E-state index in [4.69, 9.17) is 5.11 Å². The molecule has 1 fully saturated rings. The Morgan fingerprint density at radius 3 is 2.57 bits per heavy atom. The minimum atomic E-state index is -0.0387. The molecule has 2 rings (SSSR count). The van der Waals surface area contributed by atoms with Gasteiger partial charge in [-0.3, -0.25) is 0 Å². The molecular weight excluding hydrogens is 284 g/mol. The van der Waals surface area contributed by atoms with Gasteiger partial charge in [-0.25, -0.2) is 4.79 Å². The molecule has 1 heterocycles. The van der Waals surface area contributed by atoms with E-state index in [0.717, 1.165) is 43.8 Å². The summed E-state index contributed by atoms with van der Waals surface area (Å²) in [6.45, 7) is 1.68. The predicted octanol–water partition coefficient (Wildman–Crippen LogP) is 2.83. The third-order valence-corrected chi connectivity index (χ3v) is 4.57. The highest BCUT2D eigenvalue weighted by molar-refractivity contribution is 7.98. The smallest absolute Gasteiger partial charge is 0.321 e. The number of benzene rings is 1. The molecule has 21 heavy (non-hydrogen) atoms. The molecule has 4 nitrogen and oxygen atoms in total. The first-order valence-corrected chi connectivity index (χ1v) is 8.87. The summed E-state index contributed by atoms with van der Waals surface area (Å²) < 4.78 is 0. The van der Waals surface area contributed by atoms with Crippen LogP contribution >= 0.6 is 11.8 Å². The number of hydrogen-bond donors (Lipinski definition) is 2. The molecule has 1 aliphatic rings. The number of aliphatic hydroxyl groups excluding tert-OH is 1. The number of piperidine rings is 1. The molecule has 2 N–H and O–H groups in total. The average Bonchev–Trinajstić information content (AvgIpc) is 2.54. The number of amides is 2. The van der Waals surface area contributed by atoms with Gasteiger partial charge >= 0.3 is 6.03 Å². The van der Waals surface area contributed by atoms with Crippen LogP contribution in [-0.2, 0) is 6.42 Å². The van der Waals surface area contributed by atoms with Crippen molar-refractivity contribution in [3.63, 3.8) is 0 Å². The van der Waals surface area contributed by atoms with Gasteiger partial charge in [0.1, 0.15) is 0 Å². The van der Waals surface area contributed by atoms with Crippen LogP contribution in [0.5, 0.6) is 0 Å². The van der Waals surface area contributed by atoms with E-state index < -0.39 is 0 Å². The number of nitrogens with one attached hydrogen (secondary N) is 1. The van der Waals surface area contributed by atoms with Gasteiger partial charge in [-0.2, -0.15) is 11.8 Å². The van der Waals surface area contributed by atoms with E-state index in [9.17, 15) is 4.79 Å². The largest absolute Gasteiger partial charge is 0.396 e. The maximum atomic E-state index is 12.2. The van der Waals surface area contributed by atoms with Gasteiger partial charge in [0.25, 0.3) is 0 Å². The number of carbonyl (C=O) groups is 1. The third-order valence-electron chi connectivity index (χ3n) is 3.96. The lowest BCUT2D eigenvalue weighted by Gasteiger charge is -2.31. The highest BCUT2D eigenvalue weighted by atomic mass is 32.2. The van der Waals surface area contributed by atoms with Gasteiger partial charge in [0, 0.05) is 25.4 Å². The van der Waals surface area contributed by atoms with Crippen LogP contribution in [0.3, 0.4) is 0 Å². The molecule has 1 aliphatic heterocycles. The first-order valence-electron chi connectivity index (χ1n) is 7.47. The lowest BCUT2D eigenvalue weighted by Crippen LogP contribution is -2.41. The lowest BCUT2D eigenvalue weighted by atomic mass is 9.98. The second-order valence-electron chi connectivity index (χ2n) is 5.48. The zero-order valence-corrected chi connectivity index (χ0v) is 13.4. The fraction of sp³-hybridized carbons (Fsp3) is 0.562. The third kappa shape index (κ3) is 4.93. The molecule has 0 saturated carbocycles. The summed E-state index contributed by atoms with van der Waals surface area (Å²) in [4.78, 5) is 14.0. The maximum absolute atomic E-state index is 12.2. The second kappa shape index (κ2) is 8.29. The topological polar surface area (TPSA) is 52.6 Å². The highest BCUT2D eigenvalue weighted by Gasteiger charge is 2.22. The molecule has 5 heteroatoms. The summed E-state index contributed by atoms with van der Waals surface area (Å²) in [7, 11) is 0. The van der Waals surface area contributed by atoms with Gasteiger partial charge in [-0.1, -0.05) is 12.1 Å². The van der Waals surface area contributed by atoms with Crippen molar-refractivity contribution in [2.24, 2.45) is 5.92 Å². The number of thioether (sulfide) groups is 1. The number of anilines is 1. The van der Waals surface area contributed by atoms with Crippen molar-refractivity contribution in [1.82, 2.24) is 4.90 Å². The Morgan fingerprint density at radius 2 is 2.00 bits per heavy atom. The summed E-state index contributed by atoms with van der Waals surface area (Å²) in [6.07, 6.45) is 4.94. The van der Waals surface area contributed by atoms with Crippen molar-refractivity contribution in [2.75, 3.05) is 37.0 Å². The molecule has 2 amide bonds. The molecule has 0 unspecified atom stereocenters. The Hall–Kier alpha value is -1.20. The molecule has 1 aromatic rings. The van der Waals surface area contributed by atoms with Crippen LogP contribution in [0.2, 0.25) is 0 Å². The molecule has 1 aromatic carbocycles. The molecule has 0 aromatic heterocycles. The van der Waals surface area contributed by atoms with Crippen molar-refractivity contribution >= 4 is 23.5 Å². The molecule has 0 atom stereocenters. The summed E-state index contributed by atoms with van der Waals surface area (Å²) in [5.74, 6) is 1.47. The number of rotatable bonds is 5. The number of urea groups is 1. The fourth-order valence-corrected chi connectivity index (χ4v) is 2.94. The molecule has 1 saturated heterocycles. The van der Waals surface area contributed by atoms with E-state index in [0.29, 0.717) is 5.92 Å². The van der Waals surface area contributed by atoms with Crippen LogP contribution < -0.4 is 5.32 Å². The summed E-state index contributed by atoms with van der Waals surface area (Å²) in [6, 6.07) is 8.04. The van der Waals surface area contributed by atoms with Gasteiger partial charge in [0.05, 0.1) is 0 Å². The van der Waals surface area contributed by atoms with Crippen molar-refractivity contribution in [1.29, 1.82) is 0 Å². The van der Waals surface area contributed by atoms with Crippen molar-refractivity contribution in [3.8, 4) is 0 Å². The standard InChI is InChI=1S/C16H24N2O2S/c1-21-11-8-13-2-4-15(5-3-13)17-16(20)18-9-6-14(12-19)7-10-18/h2-5,14,19H,6-12H2,1H3,(H,17,20). The normalized spacial score (nSPS) is 16.0. The number of hydrogen-bond acceptors (Lipinski definition) is 3. The Kier molecular flexibility index (Phi) is 6.39. The summed E-state index contributed by atoms with van der Waals surface area (Å²) in [5.41, 5.74) is 2.14. The predicted molar refractivity (Wildman–Crippen MR) is 88.9 cm³/mol. The van der Waals surface area contributed by atoms with Crippen molar-refractivity contribution in [3.05, 3.63) is 29.8 Å². The Morgan fingerprint density at radius 1 is 1.33 bits per heavy atom. The van der Waals surface area contributed by atoms with Crippen LogP contribution in [0.15, 0.2) is 24.3 Å². The zero-order valence-electron chi connectivity index (χ0n) is 12.5. The highest BCUT2D eigenvalue weighted by Crippen LogP contribution is 2.18. The SMILES string of the molecule is CSCCc1ccc(NC(=O)N2CCC(CO)CC2)cc1. The Bertz CT molecular complexity index is 442. The average molecular weight is 308 g/mol. The molecule has 116 valence electrons. The fourth-order valence-electron chi connectivity index (χ4n) is 2.50. The van der Waals surface area contributed by atoms with E-state index in [-0.39, 0.29) is 12.6 Å². The summed E-state index contributed by atoms with van der Waals surface area (Å²) in [5, 5.41) is 12.1. The molecule has 0 bridgehead atoms. The Labute approximate surface area is 130 Å². The van der Waals surface area contributed by atoms with Crippen LogP contribution in [0, 0.1) is 5.92 Å². The zero-order chi connectivity index (χ0) is 15.1. The number of nitrogens with zero attached hydrogens (tertiary/aromatic N) is 1. The monoisotopic (exact) mass is 308 g/mol. The minimum absolute atomic E-state index is 0.0387. The van der Waals surface area contributed by atoms with Crippen LogP contribution in [-0.4, -0.2) is 47.7 Å². The van der Waals surface area contributed by atoms with Crippen LogP contribution in [0.1, 0.15) is 18.4 Å². The summed E-state index contributed by atoms with van der Waals surface area (Å²) >= 11 is 1.84. The number of aliphatic hydroxyl groups is 1. The molecular formula is C16H24N2O2S. The maximum Gasteiger partial charge on any atom is 0.321 e. The number of carbonyl (C=O) groups excluding carboxylic acids is 1. The van der Waals surface area contributed by atoms with E-state index in [1.807, 2.05) is 28.8 Å². The first kappa shape index (κ1) is 16.2. The van der Waals surface area contributed by atoms with Crippen molar-refractivity contribution < 1.29 is 9.90 Å². The van der Waals surface area contributed by atoms with Crippen LogP contribution in [0.25, 0.3) is 0 Å². The number of likely N-dealkylation sites (tertiary alicyclic amines) is 1. The van der Waals surface area contributed by atoms with Gasteiger partial charge in [-0.15, -0.1) is 0 Å². The van der Waals surface area contributed by atoms with Crippen LogP contribution in [0.4, 0.5) is 10.5 Å². The lowest BCUT2D eigenvalue weighted by molar-refractivity contribution is 0.143. The van der Waals surface area contributed by atoms with Crippen molar-refractivity contribution in [2.45, 2.75) is 19.3 Å². The van der Waals surface area contributed by atoms with E-state index >= 15 is 0 Å². The first-order chi connectivity index (χ1) is 10.2. The molecule has 0 radical (unpaired) electrons. The van der Waals surface area contributed by atoms with Gasteiger partial charge in [-0.05, 0) is 54.9 Å². The second-order valence-corrected chi connectivity index (χ2v) is 6.47. The van der Waals surface area contributed by atoms with Gasteiger partial charge < -0.3 is 15.3 Å². The number of aryl methyl sites for hydroxylation is 1. The van der Waals surface area contributed by atoms with Gasteiger partial charge in [0.15, 0.2) is 0 Å². The van der Waals surface area contributed by atoms with E-state index in [1.54, 1.807) is 0 Å². The van der Waals surface area contributed by atoms with E-state index in [2.05, 4.69) is 23.7 Å². The van der Waals surface area contributed by atoms with Gasteiger partial charge in [0.2, 0.25) is 0 Å². The minimum Gasteiger partial charge on any atom is -0.396 e. The molecule has 0 spiro atoms. The molecule has 0 aliphatic carbocycles. The van der Waals surface area contributed by atoms with E-state index in [1.165, 1.54) is 5.56 Å². The quantitative estimate of drug-likeness (QED) is 0.879.